The number of likely N-dealkylation sites (N-methyl/N-ethyl adjacent to an activating group) is 1. The van der Waals surface area contributed by atoms with Gasteiger partial charge < -0.3 is 10.2 Å². The van der Waals surface area contributed by atoms with E-state index in [0.29, 0.717) is 17.4 Å². The number of quaternary nitrogens is 1. The first kappa shape index (κ1) is 15.0. The summed E-state index contributed by atoms with van der Waals surface area (Å²) in [7, 11) is 0. The molecule has 2 rings (SSSR count). The van der Waals surface area contributed by atoms with E-state index in [1.807, 2.05) is 6.07 Å². The summed E-state index contributed by atoms with van der Waals surface area (Å²) in [6, 6.07) is 7.62. The third kappa shape index (κ3) is 4.30. The van der Waals surface area contributed by atoms with Crippen LogP contribution in [-0.4, -0.2) is 24.0 Å². The van der Waals surface area contributed by atoms with Gasteiger partial charge in [0, 0.05) is 6.20 Å². The van der Waals surface area contributed by atoms with E-state index >= 15 is 0 Å². The van der Waals surface area contributed by atoms with Crippen molar-refractivity contribution in [3.05, 3.63) is 45.9 Å². The number of nitrogens with one attached hydrogen (secondary N) is 2. The van der Waals surface area contributed by atoms with Gasteiger partial charge in [-0.25, -0.2) is 4.98 Å². The second kappa shape index (κ2) is 7.38. The standard InChI is InChI=1S/C14H16ClN3OS/c1-2-18(9-11-5-4-8-20-11)10-13(19)17-12-6-3-7-16-14(12)15/h3-8H,2,9-10H2,1H3,(H,17,19)/p+1. The van der Waals surface area contributed by atoms with E-state index in [-0.39, 0.29) is 5.91 Å². The monoisotopic (exact) mass is 310 g/mol. The molecule has 0 aliphatic rings. The number of hydrogen-bond donors (Lipinski definition) is 2. The summed E-state index contributed by atoms with van der Waals surface area (Å²) in [5.41, 5.74) is 0.561. The number of carbonyl (C=O) groups is 1. The highest BCUT2D eigenvalue weighted by Crippen LogP contribution is 2.16. The van der Waals surface area contributed by atoms with Crippen LogP contribution in [0.5, 0.6) is 0 Å². The second-order valence-electron chi connectivity index (χ2n) is 4.43. The van der Waals surface area contributed by atoms with Gasteiger partial charge in [-0.2, -0.15) is 0 Å². The summed E-state index contributed by atoms with van der Waals surface area (Å²) < 4.78 is 0. The molecular weight excluding hydrogens is 294 g/mol. The zero-order valence-corrected chi connectivity index (χ0v) is 12.8. The van der Waals surface area contributed by atoms with Gasteiger partial charge in [-0.1, -0.05) is 17.7 Å². The number of amides is 1. The number of pyridine rings is 1. The van der Waals surface area contributed by atoms with E-state index in [1.54, 1.807) is 29.7 Å². The molecule has 2 N–H and O–H groups in total. The van der Waals surface area contributed by atoms with Crippen LogP contribution in [0, 0.1) is 0 Å². The normalized spacial score (nSPS) is 12.1. The molecule has 2 aromatic heterocycles. The van der Waals surface area contributed by atoms with Crippen molar-refractivity contribution < 1.29 is 9.69 Å². The first-order valence-electron chi connectivity index (χ1n) is 6.45. The molecule has 0 aliphatic heterocycles. The predicted octanol–water partition coefficient (Wildman–Crippen LogP) is 1.84. The summed E-state index contributed by atoms with van der Waals surface area (Å²) in [5.74, 6) is -0.0479. The van der Waals surface area contributed by atoms with Crippen LogP contribution >= 0.6 is 22.9 Å². The lowest BCUT2D eigenvalue weighted by Gasteiger charge is -2.16. The van der Waals surface area contributed by atoms with Crippen LogP contribution in [0.4, 0.5) is 5.69 Å². The maximum atomic E-state index is 12.0. The topological polar surface area (TPSA) is 46.4 Å². The Morgan fingerprint density at radius 2 is 2.30 bits per heavy atom. The Hall–Kier alpha value is -1.43. The van der Waals surface area contributed by atoms with E-state index in [1.165, 1.54) is 9.78 Å². The van der Waals surface area contributed by atoms with Gasteiger partial charge in [0.1, 0.15) is 6.54 Å². The van der Waals surface area contributed by atoms with Gasteiger partial charge in [-0.3, -0.25) is 4.79 Å². The molecule has 1 unspecified atom stereocenters. The van der Waals surface area contributed by atoms with Gasteiger partial charge in [0.15, 0.2) is 11.7 Å². The van der Waals surface area contributed by atoms with Crippen LogP contribution in [0.1, 0.15) is 11.8 Å². The molecule has 20 heavy (non-hydrogen) atoms. The summed E-state index contributed by atoms with van der Waals surface area (Å²) in [4.78, 5) is 18.5. The molecule has 0 saturated heterocycles. The fraction of sp³-hybridized carbons (Fsp3) is 0.286. The number of halogens is 1. The van der Waals surface area contributed by atoms with Crippen LogP contribution in [-0.2, 0) is 11.3 Å². The lowest BCUT2D eigenvalue weighted by molar-refractivity contribution is -0.903. The minimum Gasteiger partial charge on any atom is -0.323 e. The molecule has 1 amide bonds. The highest BCUT2D eigenvalue weighted by molar-refractivity contribution is 7.09. The van der Waals surface area contributed by atoms with Gasteiger partial charge >= 0.3 is 0 Å². The van der Waals surface area contributed by atoms with E-state index in [2.05, 4.69) is 28.7 Å². The largest absolute Gasteiger partial charge is 0.323 e. The van der Waals surface area contributed by atoms with Gasteiger partial charge in [0.25, 0.3) is 5.91 Å². The number of nitrogens with zero attached hydrogens (tertiary/aromatic N) is 1. The minimum absolute atomic E-state index is 0.0479. The van der Waals surface area contributed by atoms with Crippen LogP contribution in [0.3, 0.4) is 0 Å². The number of anilines is 1. The molecule has 1 atom stereocenters. The molecule has 0 saturated carbocycles. The average molecular weight is 311 g/mol. The maximum Gasteiger partial charge on any atom is 0.279 e. The Bertz CT molecular complexity index is 559. The number of carbonyl (C=O) groups excluding carboxylic acids is 1. The molecule has 2 aromatic rings. The van der Waals surface area contributed by atoms with E-state index in [0.717, 1.165) is 13.1 Å². The summed E-state index contributed by atoms with van der Waals surface area (Å²) in [6.07, 6.45) is 1.60. The van der Waals surface area contributed by atoms with Crippen molar-refractivity contribution >= 4 is 34.5 Å². The fourth-order valence-electron chi connectivity index (χ4n) is 1.87. The van der Waals surface area contributed by atoms with Crippen molar-refractivity contribution in [2.24, 2.45) is 0 Å². The van der Waals surface area contributed by atoms with Crippen LogP contribution in [0.2, 0.25) is 5.15 Å². The van der Waals surface area contributed by atoms with Crippen molar-refractivity contribution in [2.45, 2.75) is 13.5 Å². The average Bonchev–Trinajstić information content (AvgIpc) is 2.93. The Morgan fingerprint density at radius 1 is 1.45 bits per heavy atom. The second-order valence-corrected chi connectivity index (χ2v) is 5.82. The van der Waals surface area contributed by atoms with Gasteiger partial charge in [0.05, 0.1) is 17.1 Å². The van der Waals surface area contributed by atoms with Gasteiger partial charge in [-0.15, -0.1) is 11.3 Å². The maximum absolute atomic E-state index is 12.0. The lowest BCUT2D eigenvalue weighted by atomic mass is 10.3. The number of thiophene rings is 1. The molecule has 0 spiro atoms. The molecular formula is C14H17ClN3OS+. The first-order valence-corrected chi connectivity index (χ1v) is 7.71. The van der Waals surface area contributed by atoms with Crippen LogP contribution in [0.15, 0.2) is 35.8 Å². The SMILES string of the molecule is CC[NH+](CC(=O)Nc1cccnc1Cl)Cc1cccs1. The minimum atomic E-state index is -0.0479. The molecule has 0 fully saturated rings. The van der Waals surface area contributed by atoms with Gasteiger partial charge in [-0.05, 0) is 30.5 Å². The molecule has 4 nitrogen and oxygen atoms in total. The molecule has 6 heteroatoms. The highest BCUT2D eigenvalue weighted by atomic mass is 35.5. The molecule has 0 radical (unpaired) electrons. The zero-order valence-electron chi connectivity index (χ0n) is 11.2. The highest BCUT2D eigenvalue weighted by Gasteiger charge is 2.14. The quantitative estimate of drug-likeness (QED) is 0.800. The number of aromatic nitrogens is 1. The van der Waals surface area contributed by atoms with Crippen molar-refractivity contribution in [1.82, 2.24) is 4.98 Å². The third-order valence-electron chi connectivity index (χ3n) is 2.95. The van der Waals surface area contributed by atoms with Crippen LogP contribution in [0.25, 0.3) is 0 Å². The first-order chi connectivity index (χ1) is 9.69. The smallest absolute Gasteiger partial charge is 0.279 e. The lowest BCUT2D eigenvalue weighted by Crippen LogP contribution is -3.11. The molecule has 0 aliphatic carbocycles. The zero-order chi connectivity index (χ0) is 14.4. The third-order valence-corrected chi connectivity index (χ3v) is 4.13. The van der Waals surface area contributed by atoms with Crippen LogP contribution < -0.4 is 10.2 Å². The predicted molar refractivity (Wildman–Crippen MR) is 82.3 cm³/mol. The van der Waals surface area contributed by atoms with E-state index in [4.69, 9.17) is 11.6 Å². The number of hydrogen-bond acceptors (Lipinski definition) is 3. The van der Waals surface area contributed by atoms with Crippen molar-refractivity contribution in [1.29, 1.82) is 0 Å². The van der Waals surface area contributed by atoms with Crippen molar-refractivity contribution in [3.63, 3.8) is 0 Å². The molecule has 106 valence electrons. The summed E-state index contributed by atoms with van der Waals surface area (Å²) in [5, 5.41) is 5.17. The van der Waals surface area contributed by atoms with Crippen molar-refractivity contribution in [3.8, 4) is 0 Å². The number of rotatable bonds is 6. The van der Waals surface area contributed by atoms with Gasteiger partial charge in [0.2, 0.25) is 0 Å². The summed E-state index contributed by atoms with van der Waals surface area (Å²) in [6.45, 7) is 4.25. The Kier molecular flexibility index (Phi) is 5.52. The summed E-state index contributed by atoms with van der Waals surface area (Å²) >= 11 is 7.64. The fourth-order valence-corrected chi connectivity index (χ4v) is 2.82. The van der Waals surface area contributed by atoms with E-state index in [9.17, 15) is 4.79 Å². The van der Waals surface area contributed by atoms with E-state index < -0.39 is 0 Å². The Balaban J connectivity index is 1.91. The Labute approximate surface area is 127 Å². The Morgan fingerprint density at radius 3 is 2.95 bits per heavy atom. The molecule has 2 heterocycles. The van der Waals surface area contributed by atoms with Crippen molar-refractivity contribution in [2.75, 3.05) is 18.4 Å². The molecule has 0 bridgehead atoms. The molecule has 0 aromatic carbocycles.